The van der Waals surface area contributed by atoms with Crippen LogP contribution in [0, 0.1) is 0 Å². The van der Waals surface area contributed by atoms with E-state index in [-0.39, 0.29) is 6.10 Å². The molecular formula is C23H24N4O. The zero-order valence-electron chi connectivity index (χ0n) is 16.0. The quantitative estimate of drug-likeness (QED) is 0.581. The van der Waals surface area contributed by atoms with E-state index in [4.69, 9.17) is 9.72 Å². The molecule has 1 atom stereocenters. The molecule has 28 heavy (non-hydrogen) atoms. The van der Waals surface area contributed by atoms with E-state index in [1.54, 1.807) is 0 Å². The molecule has 1 aliphatic rings. The Bertz CT molecular complexity index is 1100. The number of aryl methyl sites for hydroxylation is 1. The highest BCUT2D eigenvalue weighted by Crippen LogP contribution is 2.23. The first-order valence-corrected chi connectivity index (χ1v) is 9.74. The lowest BCUT2D eigenvalue weighted by Crippen LogP contribution is -2.35. The lowest BCUT2D eigenvalue weighted by atomic mass is 10.2. The maximum atomic E-state index is 6.03. The SMILES string of the molecule is Cn1cc(CNC[C@H]2Cn3cc(-c4ccccc4)nc3CO2)c2ccccc21. The predicted molar refractivity (Wildman–Crippen MR) is 111 cm³/mol. The standard InChI is InChI=1S/C23H24N4O/c1-26-13-18(20-9-5-6-10-22(20)26)11-24-12-19-14-27-15-21(25-23(27)16-28-19)17-7-3-2-4-8-17/h2-10,13,15,19,24H,11-12,14,16H2,1H3/t19-/m0/s1. The van der Waals surface area contributed by atoms with Crippen molar-refractivity contribution in [3.8, 4) is 11.3 Å². The summed E-state index contributed by atoms with van der Waals surface area (Å²) in [7, 11) is 2.10. The summed E-state index contributed by atoms with van der Waals surface area (Å²) in [5.41, 5.74) is 4.76. The van der Waals surface area contributed by atoms with Crippen LogP contribution >= 0.6 is 0 Å². The fraction of sp³-hybridized carbons (Fsp3) is 0.261. The van der Waals surface area contributed by atoms with Gasteiger partial charge in [-0.2, -0.15) is 0 Å². The van der Waals surface area contributed by atoms with E-state index in [0.29, 0.717) is 6.61 Å². The molecule has 4 aromatic rings. The summed E-state index contributed by atoms with van der Waals surface area (Å²) in [6, 6.07) is 18.8. The molecule has 142 valence electrons. The molecule has 0 radical (unpaired) electrons. The Kier molecular flexibility index (Phi) is 4.47. The number of aromatic nitrogens is 3. The largest absolute Gasteiger partial charge is 0.367 e. The highest BCUT2D eigenvalue weighted by atomic mass is 16.5. The molecule has 1 N–H and O–H groups in total. The average molecular weight is 372 g/mol. The molecule has 3 heterocycles. The number of benzene rings is 2. The Morgan fingerprint density at radius 1 is 1.07 bits per heavy atom. The number of rotatable bonds is 5. The minimum atomic E-state index is 0.153. The lowest BCUT2D eigenvalue weighted by Gasteiger charge is -2.24. The number of para-hydroxylation sites is 1. The number of nitrogens with one attached hydrogen (secondary N) is 1. The van der Waals surface area contributed by atoms with Gasteiger partial charge in [-0.3, -0.25) is 0 Å². The molecule has 0 saturated carbocycles. The van der Waals surface area contributed by atoms with Crippen molar-refractivity contribution in [3.63, 3.8) is 0 Å². The van der Waals surface area contributed by atoms with E-state index in [0.717, 1.165) is 36.7 Å². The molecule has 2 aromatic heterocycles. The van der Waals surface area contributed by atoms with Crippen LogP contribution in [0.5, 0.6) is 0 Å². The maximum Gasteiger partial charge on any atom is 0.135 e. The minimum absolute atomic E-state index is 0.153. The first-order valence-electron chi connectivity index (χ1n) is 9.74. The second-order valence-corrected chi connectivity index (χ2v) is 7.41. The van der Waals surface area contributed by atoms with Gasteiger partial charge >= 0.3 is 0 Å². The molecule has 0 unspecified atom stereocenters. The molecule has 0 amide bonds. The van der Waals surface area contributed by atoms with Gasteiger partial charge in [-0.1, -0.05) is 48.5 Å². The summed E-state index contributed by atoms with van der Waals surface area (Å²) in [6.45, 7) is 3.06. The van der Waals surface area contributed by atoms with Crippen LogP contribution in [0.15, 0.2) is 67.0 Å². The van der Waals surface area contributed by atoms with Crippen LogP contribution in [0.1, 0.15) is 11.4 Å². The number of fused-ring (bicyclic) bond motifs is 2. The van der Waals surface area contributed by atoms with Crippen LogP contribution in [0.2, 0.25) is 0 Å². The zero-order chi connectivity index (χ0) is 18.9. The molecule has 0 spiro atoms. The van der Waals surface area contributed by atoms with Gasteiger partial charge in [0.1, 0.15) is 12.4 Å². The van der Waals surface area contributed by atoms with Gasteiger partial charge in [0, 0.05) is 49.0 Å². The van der Waals surface area contributed by atoms with Gasteiger partial charge in [0.2, 0.25) is 0 Å². The summed E-state index contributed by atoms with van der Waals surface area (Å²) < 4.78 is 10.5. The summed E-state index contributed by atoms with van der Waals surface area (Å²) in [5.74, 6) is 1.00. The van der Waals surface area contributed by atoms with Crippen molar-refractivity contribution in [2.45, 2.75) is 25.8 Å². The second-order valence-electron chi connectivity index (χ2n) is 7.41. The molecule has 1 aliphatic heterocycles. The molecule has 2 aromatic carbocycles. The molecule has 5 nitrogen and oxygen atoms in total. The van der Waals surface area contributed by atoms with E-state index < -0.39 is 0 Å². The zero-order valence-corrected chi connectivity index (χ0v) is 16.0. The fourth-order valence-corrected chi connectivity index (χ4v) is 4.00. The molecule has 0 aliphatic carbocycles. The molecule has 0 saturated heterocycles. The first-order chi connectivity index (χ1) is 13.8. The highest BCUT2D eigenvalue weighted by molar-refractivity contribution is 5.83. The van der Waals surface area contributed by atoms with Crippen molar-refractivity contribution < 1.29 is 4.74 Å². The average Bonchev–Trinajstić information content (AvgIpc) is 3.30. The second kappa shape index (κ2) is 7.26. The van der Waals surface area contributed by atoms with E-state index in [9.17, 15) is 0 Å². The number of hydrogen-bond acceptors (Lipinski definition) is 3. The Morgan fingerprint density at radius 3 is 2.79 bits per heavy atom. The van der Waals surface area contributed by atoms with Crippen LogP contribution in [0.3, 0.4) is 0 Å². The molecule has 5 rings (SSSR count). The van der Waals surface area contributed by atoms with Gasteiger partial charge in [0.15, 0.2) is 0 Å². The molecular weight excluding hydrogens is 348 g/mol. The van der Waals surface area contributed by atoms with Crippen molar-refractivity contribution in [1.29, 1.82) is 0 Å². The highest BCUT2D eigenvalue weighted by Gasteiger charge is 2.21. The van der Waals surface area contributed by atoms with Gasteiger partial charge in [-0.05, 0) is 11.6 Å². The predicted octanol–water partition coefficient (Wildman–Crippen LogP) is 3.73. The van der Waals surface area contributed by atoms with Gasteiger partial charge in [-0.15, -0.1) is 0 Å². The van der Waals surface area contributed by atoms with E-state index in [1.807, 2.05) is 18.2 Å². The Hall–Kier alpha value is -2.89. The van der Waals surface area contributed by atoms with Gasteiger partial charge in [0.25, 0.3) is 0 Å². The molecule has 0 fully saturated rings. The van der Waals surface area contributed by atoms with Crippen LogP contribution < -0.4 is 5.32 Å². The third-order valence-corrected chi connectivity index (χ3v) is 5.44. The van der Waals surface area contributed by atoms with Crippen molar-refractivity contribution in [2.24, 2.45) is 7.05 Å². The van der Waals surface area contributed by atoms with Crippen LogP contribution in [0.25, 0.3) is 22.2 Å². The van der Waals surface area contributed by atoms with E-state index >= 15 is 0 Å². The molecule has 0 bridgehead atoms. The van der Waals surface area contributed by atoms with Crippen molar-refractivity contribution in [3.05, 3.63) is 78.4 Å². The van der Waals surface area contributed by atoms with E-state index in [1.165, 1.54) is 16.5 Å². The summed E-state index contributed by atoms with van der Waals surface area (Å²) >= 11 is 0. The lowest BCUT2D eigenvalue weighted by molar-refractivity contribution is 0.00279. The van der Waals surface area contributed by atoms with Crippen molar-refractivity contribution in [1.82, 2.24) is 19.4 Å². The summed E-state index contributed by atoms with van der Waals surface area (Å²) in [4.78, 5) is 4.74. The number of nitrogens with zero attached hydrogens (tertiary/aromatic N) is 3. The minimum Gasteiger partial charge on any atom is -0.367 e. The van der Waals surface area contributed by atoms with Gasteiger partial charge in [-0.25, -0.2) is 4.98 Å². The Morgan fingerprint density at radius 2 is 1.89 bits per heavy atom. The first kappa shape index (κ1) is 17.2. The third-order valence-electron chi connectivity index (χ3n) is 5.44. The number of imidazole rings is 1. The smallest absolute Gasteiger partial charge is 0.135 e. The van der Waals surface area contributed by atoms with Crippen LogP contribution in [-0.4, -0.2) is 26.8 Å². The van der Waals surface area contributed by atoms with Gasteiger partial charge in [0.05, 0.1) is 18.3 Å². The Labute approximate surface area is 164 Å². The van der Waals surface area contributed by atoms with Gasteiger partial charge < -0.3 is 19.2 Å². The van der Waals surface area contributed by atoms with Crippen molar-refractivity contribution in [2.75, 3.05) is 6.54 Å². The van der Waals surface area contributed by atoms with E-state index in [2.05, 4.69) is 70.3 Å². The monoisotopic (exact) mass is 372 g/mol. The Balaban J connectivity index is 1.23. The fourth-order valence-electron chi connectivity index (χ4n) is 4.00. The summed E-state index contributed by atoms with van der Waals surface area (Å²) in [6.07, 6.45) is 4.50. The summed E-state index contributed by atoms with van der Waals surface area (Å²) in [5, 5.41) is 4.89. The van der Waals surface area contributed by atoms with Crippen LogP contribution in [0.4, 0.5) is 0 Å². The third kappa shape index (κ3) is 3.23. The normalized spacial score (nSPS) is 16.4. The van der Waals surface area contributed by atoms with Crippen LogP contribution in [-0.2, 0) is 31.5 Å². The number of ether oxygens (including phenoxy) is 1. The van der Waals surface area contributed by atoms with Crippen molar-refractivity contribution >= 4 is 10.9 Å². The number of hydrogen-bond donors (Lipinski definition) is 1. The molecule has 5 heteroatoms. The maximum absolute atomic E-state index is 6.03. The topological polar surface area (TPSA) is 44.0 Å².